The van der Waals surface area contributed by atoms with Gasteiger partial charge in [0.15, 0.2) is 27.3 Å². The van der Waals surface area contributed by atoms with E-state index in [2.05, 4.69) is 15.0 Å². The fraction of sp³-hybridized carbons (Fsp3) is 0.179. The summed E-state index contributed by atoms with van der Waals surface area (Å²) in [5.41, 5.74) is 4.69. The summed E-state index contributed by atoms with van der Waals surface area (Å²) in [6.45, 7) is 5.52. The van der Waals surface area contributed by atoms with E-state index < -0.39 is 15.7 Å². The molecule has 0 aliphatic rings. The second-order valence-electron chi connectivity index (χ2n) is 8.96. The molecule has 194 valence electrons. The van der Waals surface area contributed by atoms with E-state index in [4.69, 9.17) is 9.15 Å². The number of hydrogen-bond acceptors (Lipinski definition) is 7. The summed E-state index contributed by atoms with van der Waals surface area (Å²) in [5.74, 6) is 0.756. The van der Waals surface area contributed by atoms with Gasteiger partial charge < -0.3 is 13.7 Å². The van der Waals surface area contributed by atoms with Crippen molar-refractivity contribution >= 4 is 9.84 Å². The van der Waals surface area contributed by atoms with Crippen molar-refractivity contribution in [2.24, 2.45) is 0 Å². The molecule has 0 amide bonds. The summed E-state index contributed by atoms with van der Waals surface area (Å²) in [4.78, 5) is 13.5. The van der Waals surface area contributed by atoms with E-state index in [1.807, 2.05) is 48.9 Å². The summed E-state index contributed by atoms with van der Waals surface area (Å²) in [6.07, 6.45) is 4.56. The first-order valence-corrected chi connectivity index (χ1v) is 13.6. The van der Waals surface area contributed by atoms with Crippen LogP contribution in [0.25, 0.3) is 39.4 Å². The number of ether oxygens (including phenoxy) is 1. The second kappa shape index (κ2) is 9.53. The second-order valence-corrected chi connectivity index (χ2v) is 11.0. The number of aromatic nitrogens is 4. The maximum Gasteiger partial charge on any atom is 0.250 e. The monoisotopic (exact) mass is 532 g/mol. The molecule has 8 nitrogen and oxygen atoms in total. The maximum atomic E-state index is 14.6. The molecule has 0 aliphatic heterocycles. The Labute approximate surface area is 219 Å². The molecule has 0 aliphatic carbocycles. The molecule has 0 saturated heterocycles. The van der Waals surface area contributed by atoms with Crippen LogP contribution < -0.4 is 4.74 Å². The number of pyridine rings is 1. The number of imidazole rings is 1. The smallest absolute Gasteiger partial charge is 0.250 e. The van der Waals surface area contributed by atoms with Crippen LogP contribution in [-0.4, -0.2) is 41.3 Å². The van der Waals surface area contributed by atoms with Gasteiger partial charge in [0.2, 0.25) is 5.88 Å². The van der Waals surface area contributed by atoms with Gasteiger partial charge in [-0.3, -0.25) is 0 Å². The van der Waals surface area contributed by atoms with Crippen molar-refractivity contribution in [3.05, 3.63) is 84.2 Å². The Morgan fingerprint density at radius 1 is 0.974 bits per heavy atom. The summed E-state index contributed by atoms with van der Waals surface area (Å²) in [6, 6.07) is 13.8. The molecule has 5 aromatic rings. The van der Waals surface area contributed by atoms with Crippen LogP contribution in [0.1, 0.15) is 17.4 Å². The van der Waals surface area contributed by atoms with Gasteiger partial charge in [-0.05, 0) is 55.3 Å². The molecule has 0 bridgehead atoms. The molecule has 0 atom stereocenters. The predicted octanol–water partition coefficient (Wildman–Crippen LogP) is 5.73. The number of rotatable bonds is 6. The van der Waals surface area contributed by atoms with Crippen LogP contribution in [0, 0.1) is 26.6 Å². The number of halogens is 1. The van der Waals surface area contributed by atoms with E-state index in [1.165, 1.54) is 25.6 Å². The first-order chi connectivity index (χ1) is 18.0. The Bertz CT molecular complexity index is 1790. The third kappa shape index (κ3) is 4.70. The first kappa shape index (κ1) is 25.3. The molecule has 3 aromatic heterocycles. The highest BCUT2D eigenvalue weighted by molar-refractivity contribution is 7.90. The third-order valence-corrected chi connectivity index (χ3v) is 7.22. The quantitative estimate of drug-likeness (QED) is 0.275. The molecule has 0 saturated carbocycles. The van der Waals surface area contributed by atoms with Crippen molar-refractivity contribution in [3.63, 3.8) is 0 Å². The molecule has 0 radical (unpaired) electrons. The lowest BCUT2D eigenvalue weighted by Crippen LogP contribution is -2.00. The Morgan fingerprint density at radius 3 is 2.39 bits per heavy atom. The summed E-state index contributed by atoms with van der Waals surface area (Å²) in [5, 5.41) is 0. The van der Waals surface area contributed by atoms with Crippen LogP contribution in [0.4, 0.5) is 4.39 Å². The number of aryl methyl sites for hydroxylation is 3. The molecule has 0 unspecified atom stereocenters. The van der Waals surface area contributed by atoms with Crippen LogP contribution in [-0.2, 0) is 9.84 Å². The number of benzene rings is 2. The van der Waals surface area contributed by atoms with Gasteiger partial charge in [-0.25, -0.2) is 27.8 Å². The van der Waals surface area contributed by atoms with Crippen molar-refractivity contribution in [2.75, 3.05) is 13.4 Å². The molecule has 10 heteroatoms. The molecule has 0 N–H and O–H groups in total. The number of hydrogen-bond donors (Lipinski definition) is 0. The minimum Gasteiger partial charge on any atom is -0.479 e. The summed E-state index contributed by atoms with van der Waals surface area (Å²) < 4.78 is 51.8. The van der Waals surface area contributed by atoms with E-state index in [0.717, 1.165) is 28.3 Å². The van der Waals surface area contributed by atoms with Crippen molar-refractivity contribution < 1.29 is 22.0 Å². The average Bonchev–Trinajstić information content (AvgIpc) is 3.44. The Balaban J connectivity index is 1.76. The highest BCUT2D eigenvalue weighted by Gasteiger charge is 2.22. The maximum absolute atomic E-state index is 14.6. The number of oxazole rings is 1. The number of nitrogens with zero attached hydrogens (tertiary/aromatic N) is 4. The zero-order valence-electron chi connectivity index (χ0n) is 21.5. The molecule has 3 heterocycles. The van der Waals surface area contributed by atoms with Crippen LogP contribution >= 0.6 is 0 Å². The van der Waals surface area contributed by atoms with E-state index in [-0.39, 0.29) is 10.8 Å². The van der Waals surface area contributed by atoms with Crippen molar-refractivity contribution in [1.82, 2.24) is 19.5 Å². The van der Waals surface area contributed by atoms with Gasteiger partial charge in [-0.2, -0.15) is 0 Å². The fourth-order valence-corrected chi connectivity index (χ4v) is 5.06. The van der Waals surface area contributed by atoms with E-state index in [0.29, 0.717) is 28.5 Å². The van der Waals surface area contributed by atoms with E-state index in [9.17, 15) is 12.8 Å². The minimum atomic E-state index is -3.39. The molecule has 38 heavy (non-hydrogen) atoms. The van der Waals surface area contributed by atoms with Gasteiger partial charge >= 0.3 is 0 Å². The zero-order valence-corrected chi connectivity index (χ0v) is 22.3. The lowest BCUT2D eigenvalue weighted by atomic mass is 9.98. The normalized spacial score (nSPS) is 11.6. The van der Waals surface area contributed by atoms with Crippen LogP contribution in [0.5, 0.6) is 5.88 Å². The molecular formula is C28H25FN4O4S. The van der Waals surface area contributed by atoms with Gasteiger partial charge in [0.1, 0.15) is 11.5 Å². The summed E-state index contributed by atoms with van der Waals surface area (Å²) >= 11 is 0. The lowest BCUT2D eigenvalue weighted by Gasteiger charge is -2.14. The number of sulfone groups is 1. The Hall–Kier alpha value is -4.31. The Kier molecular flexibility index (Phi) is 6.36. The topological polar surface area (TPSA) is 100 Å². The molecular weight excluding hydrogens is 507 g/mol. The van der Waals surface area contributed by atoms with Crippen LogP contribution in [0.2, 0.25) is 0 Å². The van der Waals surface area contributed by atoms with Crippen molar-refractivity contribution in [1.29, 1.82) is 0 Å². The molecule has 0 spiro atoms. The first-order valence-electron chi connectivity index (χ1n) is 11.7. The fourth-order valence-electron chi connectivity index (χ4n) is 4.39. The highest BCUT2D eigenvalue weighted by atomic mass is 32.2. The van der Waals surface area contributed by atoms with Gasteiger partial charge in [-0.1, -0.05) is 18.2 Å². The molecule has 5 rings (SSSR count). The van der Waals surface area contributed by atoms with Gasteiger partial charge in [0.25, 0.3) is 0 Å². The standard InChI is InChI=1S/C28H25FN4O4S/c1-16-15-33(17(2)31-16)25-10-9-20(19-7-6-8-22(11-19)38(5,34)35)12-23(25)26-27(37-18(3)32-26)21-13-24(29)28(36-4)30-14-21/h6-15H,1-5H3. The van der Waals surface area contributed by atoms with E-state index >= 15 is 0 Å². The van der Waals surface area contributed by atoms with Crippen molar-refractivity contribution in [2.45, 2.75) is 25.7 Å². The molecule has 0 fully saturated rings. The highest BCUT2D eigenvalue weighted by Crippen LogP contribution is 2.39. The number of methoxy groups -OCH3 is 1. The van der Waals surface area contributed by atoms with E-state index in [1.54, 1.807) is 25.1 Å². The zero-order chi connectivity index (χ0) is 27.2. The summed E-state index contributed by atoms with van der Waals surface area (Å²) in [7, 11) is -2.04. The minimum absolute atomic E-state index is 0.121. The van der Waals surface area contributed by atoms with Gasteiger partial charge in [0, 0.05) is 36.7 Å². The average molecular weight is 533 g/mol. The van der Waals surface area contributed by atoms with Crippen molar-refractivity contribution in [3.8, 4) is 45.3 Å². The van der Waals surface area contributed by atoms with Crippen LogP contribution in [0.3, 0.4) is 0 Å². The Morgan fingerprint density at radius 2 is 1.74 bits per heavy atom. The largest absolute Gasteiger partial charge is 0.479 e. The SMILES string of the molecule is COc1ncc(-c2oc(C)nc2-c2cc(-c3cccc(S(C)(=O)=O)c3)ccc2-n2cc(C)nc2C)cc1F. The van der Waals surface area contributed by atoms with Crippen LogP contribution in [0.15, 0.2) is 70.2 Å². The van der Waals surface area contributed by atoms with Gasteiger partial charge in [0.05, 0.1) is 23.4 Å². The predicted molar refractivity (Wildman–Crippen MR) is 142 cm³/mol. The third-order valence-electron chi connectivity index (χ3n) is 6.11. The molecule has 2 aromatic carbocycles. The lowest BCUT2D eigenvalue weighted by molar-refractivity contribution is 0.369. The van der Waals surface area contributed by atoms with Gasteiger partial charge in [-0.15, -0.1) is 0 Å².